The third kappa shape index (κ3) is 4.75. The van der Waals surface area contributed by atoms with Gasteiger partial charge in [-0.05, 0) is 12.8 Å². The first kappa shape index (κ1) is 14.0. The van der Waals surface area contributed by atoms with E-state index >= 15 is 0 Å². The molecule has 0 saturated carbocycles. The molecule has 1 aromatic heterocycles. The topological polar surface area (TPSA) is 48.3 Å². The molecule has 1 rings (SSSR count). The quantitative estimate of drug-likeness (QED) is 0.750. The summed E-state index contributed by atoms with van der Waals surface area (Å²) in [6.45, 7) is 7.26. The summed E-state index contributed by atoms with van der Waals surface area (Å²) >= 11 is 0. The highest BCUT2D eigenvalue weighted by molar-refractivity contribution is 5.28. The smallest absolute Gasteiger partial charge is 0.203 e. The van der Waals surface area contributed by atoms with Crippen LogP contribution in [0.3, 0.4) is 0 Å². The van der Waals surface area contributed by atoms with Crippen molar-refractivity contribution in [1.82, 2.24) is 9.55 Å². The standard InChI is InChI=1S/C12H23N3O2/c1-10(9-17-4)7-13-12-14-11(2)8-15(12)5-6-16-3/h8,10H,5-7,9H2,1-4H3,(H,13,14). The molecule has 0 aliphatic rings. The Kier molecular flexibility index (Phi) is 6.00. The van der Waals surface area contributed by atoms with E-state index in [2.05, 4.69) is 21.8 Å². The van der Waals surface area contributed by atoms with Crippen molar-refractivity contribution in [3.8, 4) is 0 Å². The van der Waals surface area contributed by atoms with Crippen LogP contribution in [-0.4, -0.2) is 43.5 Å². The Bertz CT molecular complexity index is 326. The van der Waals surface area contributed by atoms with E-state index < -0.39 is 0 Å². The summed E-state index contributed by atoms with van der Waals surface area (Å²) in [5.74, 6) is 1.37. The highest BCUT2D eigenvalue weighted by atomic mass is 16.5. The zero-order valence-corrected chi connectivity index (χ0v) is 11.2. The third-order valence-corrected chi connectivity index (χ3v) is 2.49. The van der Waals surface area contributed by atoms with Gasteiger partial charge in [-0.1, -0.05) is 6.92 Å². The maximum atomic E-state index is 5.11. The molecule has 1 atom stereocenters. The molecule has 98 valence electrons. The zero-order chi connectivity index (χ0) is 12.7. The molecular weight excluding hydrogens is 218 g/mol. The number of nitrogens with one attached hydrogen (secondary N) is 1. The lowest BCUT2D eigenvalue weighted by Crippen LogP contribution is -2.18. The van der Waals surface area contributed by atoms with E-state index in [0.717, 1.165) is 31.3 Å². The average Bonchev–Trinajstić information content (AvgIpc) is 2.65. The molecule has 0 aliphatic heterocycles. The van der Waals surface area contributed by atoms with Crippen molar-refractivity contribution in [3.63, 3.8) is 0 Å². The van der Waals surface area contributed by atoms with Crippen LogP contribution >= 0.6 is 0 Å². The second kappa shape index (κ2) is 7.29. The Hall–Kier alpha value is -1.07. The molecule has 0 bridgehead atoms. The van der Waals surface area contributed by atoms with E-state index in [1.54, 1.807) is 14.2 Å². The monoisotopic (exact) mass is 241 g/mol. The molecule has 0 aromatic carbocycles. The van der Waals surface area contributed by atoms with Crippen molar-refractivity contribution in [2.24, 2.45) is 5.92 Å². The summed E-state index contributed by atoms with van der Waals surface area (Å²) in [6.07, 6.45) is 2.03. The maximum absolute atomic E-state index is 5.11. The minimum atomic E-state index is 0.466. The number of imidazole rings is 1. The Morgan fingerprint density at radius 3 is 2.82 bits per heavy atom. The molecule has 0 fully saturated rings. The fraction of sp³-hybridized carbons (Fsp3) is 0.750. The summed E-state index contributed by atoms with van der Waals surface area (Å²) in [6, 6.07) is 0. The molecule has 0 amide bonds. The molecular formula is C12H23N3O2. The zero-order valence-electron chi connectivity index (χ0n) is 11.2. The van der Waals surface area contributed by atoms with Gasteiger partial charge in [-0.15, -0.1) is 0 Å². The summed E-state index contributed by atoms with van der Waals surface area (Å²) in [7, 11) is 3.43. The van der Waals surface area contributed by atoms with Crippen molar-refractivity contribution in [2.45, 2.75) is 20.4 Å². The molecule has 1 unspecified atom stereocenters. The molecule has 5 heteroatoms. The lowest BCUT2D eigenvalue weighted by molar-refractivity contribution is 0.164. The van der Waals surface area contributed by atoms with E-state index in [9.17, 15) is 0 Å². The van der Waals surface area contributed by atoms with Gasteiger partial charge in [0.25, 0.3) is 0 Å². The predicted octanol–water partition coefficient (Wildman–Crippen LogP) is 1.53. The first-order valence-electron chi connectivity index (χ1n) is 5.93. The van der Waals surface area contributed by atoms with Crippen LogP contribution in [0.4, 0.5) is 5.95 Å². The Morgan fingerprint density at radius 2 is 2.18 bits per heavy atom. The van der Waals surface area contributed by atoms with Crippen LogP contribution in [-0.2, 0) is 16.0 Å². The number of ether oxygens (including phenoxy) is 2. The van der Waals surface area contributed by atoms with Crippen LogP contribution in [0, 0.1) is 12.8 Å². The largest absolute Gasteiger partial charge is 0.384 e. The number of anilines is 1. The van der Waals surface area contributed by atoms with E-state index in [1.807, 2.05) is 13.1 Å². The van der Waals surface area contributed by atoms with Crippen LogP contribution < -0.4 is 5.32 Å². The summed E-state index contributed by atoms with van der Waals surface area (Å²) in [5.41, 5.74) is 1.02. The third-order valence-electron chi connectivity index (χ3n) is 2.49. The van der Waals surface area contributed by atoms with Crippen LogP contribution in [0.15, 0.2) is 6.20 Å². The number of rotatable bonds is 8. The Labute approximate surface area is 103 Å². The molecule has 17 heavy (non-hydrogen) atoms. The minimum Gasteiger partial charge on any atom is -0.384 e. The van der Waals surface area contributed by atoms with Gasteiger partial charge in [0.1, 0.15) is 0 Å². The second-order valence-electron chi connectivity index (χ2n) is 4.33. The van der Waals surface area contributed by atoms with Crippen LogP contribution in [0.1, 0.15) is 12.6 Å². The lowest BCUT2D eigenvalue weighted by atomic mass is 10.2. The van der Waals surface area contributed by atoms with Crippen molar-refractivity contribution >= 4 is 5.95 Å². The molecule has 0 radical (unpaired) electrons. The number of hydrogen-bond acceptors (Lipinski definition) is 4. The lowest BCUT2D eigenvalue weighted by Gasteiger charge is -2.13. The van der Waals surface area contributed by atoms with Crippen molar-refractivity contribution < 1.29 is 9.47 Å². The van der Waals surface area contributed by atoms with Crippen molar-refractivity contribution in [2.75, 3.05) is 39.3 Å². The van der Waals surface area contributed by atoms with E-state index in [1.165, 1.54) is 0 Å². The molecule has 0 saturated heterocycles. The Morgan fingerprint density at radius 1 is 1.41 bits per heavy atom. The van der Waals surface area contributed by atoms with Gasteiger partial charge >= 0.3 is 0 Å². The maximum Gasteiger partial charge on any atom is 0.203 e. The highest BCUT2D eigenvalue weighted by Crippen LogP contribution is 2.09. The summed E-state index contributed by atoms with van der Waals surface area (Å²) < 4.78 is 12.3. The molecule has 1 N–H and O–H groups in total. The van der Waals surface area contributed by atoms with E-state index in [-0.39, 0.29) is 0 Å². The molecule has 0 spiro atoms. The second-order valence-corrected chi connectivity index (χ2v) is 4.33. The Balaban J connectivity index is 2.50. The van der Waals surface area contributed by atoms with Gasteiger partial charge < -0.3 is 19.4 Å². The summed E-state index contributed by atoms with van der Waals surface area (Å²) in [4.78, 5) is 4.45. The van der Waals surface area contributed by atoms with Gasteiger partial charge in [-0.25, -0.2) is 4.98 Å². The van der Waals surface area contributed by atoms with Gasteiger partial charge in [0.15, 0.2) is 0 Å². The fourth-order valence-corrected chi connectivity index (χ4v) is 1.66. The molecule has 0 aliphatic carbocycles. The van der Waals surface area contributed by atoms with Gasteiger partial charge in [0.05, 0.1) is 18.9 Å². The number of nitrogens with zero attached hydrogens (tertiary/aromatic N) is 2. The van der Waals surface area contributed by atoms with Crippen LogP contribution in [0.25, 0.3) is 0 Å². The highest BCUT2D eigenvalue weighted by Gasteiger charge is 2.07. The fourth-order valence-electron chi connectivity index (χ4n) is 1.66. The average molecular weight is 241 g/mol. The van der Waals surface area contributed by atoms with E-state index in [4.69, 9.17) is 9.47 Å². The van der Waals surface area contributed by atoms with Crippen molar-refractivity contribution in [3.05, 3.63) is 11.9 Å². The van der Waals surface area contributed by atoms with Gasteiger partial charge in [0.2, 0.25) is 5.95 Å². The van der Waals surface area contributed by atoms with Crippen LogP contribution in [0.2, 0.25) is 0 Å². The normalized spacial score (nSPS) is 12.7. The SMILES string of the molecule is COCCn1cc(C)nc1NCC(C)COC. The van der Waals surface area contributed by atoms with Crippen LogP contribution in [0.5, 0.6) is 0 Å². The predicted molar refractivity (Wildman–Crippen MR) is 68.4 cm³/mol. The number of aryl methyl sites for hydroxylation is 1. The molecule has 1 heterocycles. The first-order valence-corrected chi connectivity index (χ1v) is 5.93. The number of aromatic nitrogens is 2. The number of hydrogen-bond donors (Lipinski definition) is 1. The van der Waals surface area contributed by atoms with E-state index in [0.29, 0.717) is 12.5 Å². The minimum absolute atomic E-state index is 0.466. The molecule has 5 nitrogen and oxygen atoms in total. The van der Waals surface area contributed by atoms with Crippen molar-refractivity contribution in [1.29, 1.82) is 0 Å². The molecule has 1 aromatic rings. The van der Waals surface area contributed by atoms with Gasteiger partial charge in [-0.2, -0.15) is 0 Å². The number of methoxy groups -OCH3 is 2. The summed E-state index contributed by atoms with van der Waals surface area (Å²) in [5, 5.41) is 3.34. The first-order chi connectivity index (χ1) is 8.17. The van der Waals surface area contributed by atoms with Gasteiger partial charge in [0, 0.05) is 33.5 Å². The van der Waals surface area contributed by atoms with Gasteiger partial charge in [-0.3, -0.25) is 0 Å².